The Bertz CT molecular complexity index is 763. The zero-order valence-electron chi connectivity index (χ0n) is 12.8. The quantitative estimate of drug-likeness (QED) is 0.866. The van der Waals surface area contributed by atoms with Crippen LogP contribution in [0.5, 0.6) is 0 Å². The van der Waals surface area contributed by atoms with Crippen LogP contribution >= 0.6 is 0 Å². The number of anilines is 3. The number of rotatable bonds is 1. The predicted octanol–water partition coefficient (Wildman–Crippen LogP) is 3.59. The number of aromatic nitrogens is 1. The van der Waals surface area contributed by atoms with Crippen molar-refractivity contribution in [3.8, 4) is 0 Å². The predicted molar refractivity (Wildman–Crippen MR) is 85.3 cm³/mol. The average molecular weight is 336 g/mol. The number of carbonyl (C=O) groups is 1. The van der Waals surface area contributed by atoms with Crippen LogP contribution in [0.1, 0.15) is 5.56 Å². The van der Waals surface area contributed by atoms with E-state index < -0.39 is 17.8 Å². The van der Waals surface area contributed by atoms with E-state index in [4.69, 9.17) is 0 Å². The molecule has 0 fully saturated rings. The van der Waals surface area contributed by atoms with Crippen molar-refractivity contribution in [2.45, 2.75) is 6.18 Å². The number of urea groups is 1. The van der Waals surface area contributed by atoms with Crippen molar-refractivity contribution >= 4 is 23.2 Å². The number of fused-ring (bicyclic) bond motifs is 1. The van der Waals surface area contributed by atoms with E-state index in [2.05, 4.69) is 10.3 Å². The highest BCUT2D eigenvalue weighted by Crippen LogP contribution is 2.32. The maximum atomic E-state index is 12.8. The van der Waals surface area contributed by atoms with Gasteiger partial charge in [-0.3, -0.25) is 4.90 Å². The maximum Gasteiger partial charge on any atom is 0.416 e. The number of alkyl halides is 3. The fourth-order valence-corrected chi connectivity index (χ4v) is 2.54. The summed E-state index contributed by atoms with van der Waals surface area (Å²) in [4.78, 5) is 20.1. The molecule has 0 aliphatic carbocycles. The number of nitrogens with zero attached hydrogens (tertiary/aromatic N) is 3. The fraction of sp³-hybridized carbons (Fsp3) is 0.250. The number of nitrogens with one attached hydrogen (secondary N) is 1. The molecule has 0 radical (unpaired) electrons. The first-order chi connectivity index (χ1) is 11.4. The average Bonchev–Trinajstić information content (AvgIpc) is 2.55. The lowest BCUT2D eigenvalue weighted by atomic mass is 10.2. The van der Waals surface area contributed by atoms with Crippen molar-refractivity contribution in [2.24, 2.45) is 0 Å². The van der Waals surface area contributed by atoms with E-state index in [0.29, 0.717) is 24.6 Å². The van der Waals surface area contributed by atoms with Gasteiger partial charge >= 0.3 is 12.2 Å². The Balaban J connectivity index is 1.83. The van der Waals surface area contributed by atoms with Crippen LogP contribution in [0.2, 0.25) is 0 Å². The van der Waals surface area contributed by atoms with Crippen LogP contribution in [0.15, 0.2) is 42.6 Å². The Hall–Kier alpha value is -2.77. The molecule has 0 bridgehead atoms. The van der Waals surface area contributed by atoms with Gasteiger partial charge in [-0.05, 0) is 30.3 Å². The maximum absolute atomic E-state index is 12.8. The van der Waals surface area contributed by atoms with E-state index in [0.717, 1.165) is 12.1 Å². The molecule has 0 saturated carbocycles. The molecule has 3 rings (SSSR count). The number of amides is 2. The Kier molecular flexibility index (Phi) is 4.04. The molecule has 5 nitrogen and oxygen atoms in total. The fourth-order valence-electron chi connectivity index (χ4n) is 2.54. The Morgan fingerprint density at radius 1 is 1.21 bits per heavy atom. The number of pyridine rings is 1. The molecular formula is C16H15F3N4O. The molecule has 0 atom stereocenters. The van der Waals surface area contributed by atoms with E-state index >= 15 is 0 Å². The van der Waals surface area contributed by atoms with Gasteiger partial charge < -0.3 is 10.2 Å². The molecular weight excluding hydrogens is 321 g/mol. The number of hydrogen-bond donors (Lipinski definition) is 1. The first-order valence-corrected chi connectivity index (χ1v) is 7.28. The van der Waals surface area contributed by atoms with Crippen LogP contribution in [0.25, 0.3) is 0 Å². The van der Waals surface area contributed by atoms with Crippen LogP contribution in [0.3, 0.4) is 0 Å². The normalized spacial score (nSPS) is 14.3. The molecule has 2 aromatic rings. The monoisotopic (exact) mass is 336 g/mol. The van der Waals surface area contributed by atoms with Crippen molar-refractivity contribution in [1.29, 1.82) is 0 Å². The van der Waals surface area contributed by atoms with Crippen LogP contribution in [0, 0.1) is 0 Å². The van der Waals surface area contributed by atoms with E-state index in [1.165, 1.54) is 17.0 Å². The second-order valence-corrected chi connectivity index (χ2v) is 5.43. The number of hydrogen-bond acceptors (Lipinski definition) is 3. The SMILES string of the molecule is CN1CCN(C(=O)Nc2cccc(C(F)(F)F)c2)c2cccnc21. The highest BCUT2D eigenvalue weighted by atomic mass is 19.4. The van der Waals surface area contributed by atoms with Gasteiger partial charge in [0.25, 0.3) is 0 Å². The zero-order valence-corrected chi connectivity index (χ0v) is 12.8. The number of likely N-dealkylation sites (N-methyl/N-ethyl adjacent to an activating group) is 1. The summed E-state index contributed by atoms with van der Waals surface area (Å²) in [5.41, 5.74) is -0.0873. The molecule has 1 aliphatic rings. The van der Waals surface area contributed by atoms with Crippen molar-refractivity contribution in [3.63, 3.8) is 0 Å². The summed E-state index contributed by atoms with van der Waals surface area (Å²) >= 11 is 0. The van der Waals surface area contributed by atoms with Crippen molar-refractivity contribution in [1.82, 2.24) is 4.98 Å². The molecule has 24 heavy (non-hydrogen) atoms. The van der Waals surface area contributed by atoms with Gasteiger partial charge in [0, 0.05) is 32.0 Å². The third-order valence-electron chi connectivity index (χ3n) is 3.76. The molecule has 1 aromatic heterocycles. The third kappa shape index (κ3) is 3.12. The summed E-state index contributed by atoms with van der Waals surface area (Å²) in [6.45, 7) is 1.00. The van der Waals surface area contributed by atoms with Crippen molar-refractivity contribution in [2.75, 3.05) is 35.3 Å². The third-order valence-corrected chi connectivity index (χ3v) is 3.76. The van der Waals surface area contributed by atoms with Gasteiger partial charge in [0.15, 0.2) is 5.82 Å². The second-order valence-electron chi connectivity index (χ2n) is 5.43. The van der Waals surface area contributed by atoms with Gasteiger partial charge in [-0.15, -0.1) is 0 Å². The standard InChI is InChI=1S/C16H15F3N4O/c1-22-8-9-23(13-6-3-7-20-14(13)22)15(24)21-12-5-2-4-11(10-12)16(17,18)19/h2-7,10H,8-9H2,1H3,(H,21,24). The summed E-state index contributed by atoms with van der Waals surface area (Å²) in [5, 5.41) is 2.52. The zero-order chi connectivity index (χ0) is 17.3. The molecule has 0 spiro atoms. The summed E-state index contributed by atoms with van der Waals surface area (Å²) in [7, 11) is 1.87. The first-order valence-electron chi connectivity index (χ1n) is 7.28. The minimum Gasteiger partial charge on any atom is -0.356 e. The van der Waals surface area contributed by atoms with Gasteiger partial charge in [0.2, 0.25) is 0 Å². The molecule has 1 N–H and O–H groups in total. The van der Waals surface area contributed by atoms with Gasteiger partial charge in [-0.25, -0.2) is 9.78 Å². The summed E-state index contributed by atoms with van der Waals surface area (Å²) in [6.07, 6.45) is -2.82. The Labute approximate surface area is 136 Å². The van der Waals surface area contributed by atoms with Gasteiger partial charge in [0.1, 0.15) is 0 Å². The minimum atomic E-state index is -4.45. The minimum absolute atomic E-state index is 0.0965. The van der Waals surface area contributed by atoms with Crippen LogP contribution in [-0.4, -0.2) is 31.2 Å². The number of halogens is 3. The summed E-state index contributed by atoms with van der Waals surface area (Å²) in [5.74, 6) is 0.656. The Morgan fingerprint density at radius 2 is 2.00 bits per heavy atom. The topological polar surface area (TPSA) is 48.5 Å². The molecule has 0 saturated heterocycles. The second kappa shape index (κ2) is 6.03. The van der Waals surface area contributed by atoms with E-state index in [-0.39, 0.29) is 5.69 Å². The van der Waals surface area contributed by atoms with Crippen molar-refractivity contribution < 1.29 is 18.0 Å². The highest BCUT2D eigenvalue weighted by Gasteiger charge is 2.31. The largest absolute Gasteiger partial charge is 0.416 e. The van der Waals surface area contributed by atoms with E-state index in [1.54, 1.807) is 18.3 Å². The molecule has 1 aliphatic heterocycles. The lowest BCUT2D eigenvalue weighted by Crippen LogP contribution is -2.45. The molecule has 126 valence electrons. The number of carbonyl (C=O) groups excluding carboxylic acids is 1. The van der Waals surface area contributed by atoms with Gasteiger partial charge in [-0.2, -0.15) is 13.2 Å². The molecule has 8 heteroatoms. The molecule has 2 amide bonds. The molecule has 0 unspecified atom stereocenters. The van der Waals surface area contributed by atoms with Crippen LogP contribution in [-0.2, 0) is 6.18 Å². The van der Waals surface area contributed by atoms with Crippen LogP contribution in [0.4, 0.5) is 35.2 Å². The summed E-state index contributed by atoms with van der Waals surface area (Å²) < 4.78 is 38.3. The lowest BCUT2D eigenvalue weighted by Gasteiger charge is -2.34. The van der Waals surface area contributed by atoms with Gasteiger partial charge in [-0.1, -0.05) is 6.07 Å². The highest BCUT2D eigenvalue weighted by molar-refractivity contribution is 6.04. The Morgan fingerprint density at radius 3 is 2.75 bits per heavy atom. The lowest BCUT2D eigenvalue weighted by molar-refractivity contribution is -0.137. The van der Waals surface area contributed by atoms with E-state index in [9.17, 15) is 18.0 Å². The smallest absolute Gasteiger partial charge is 0.356 e. The first kappa shape index (κ1) is 16.1. The van der Waals surface area contributed by atoms with E-state index in [1.807, 2.05) is 11.9 Å². The van der Waals surface area contributed by atoms with Crippen LogP contribution < -0.4 is 15.1 Å². The molecule has 2 heterocycles. The molecule has 1 aromatic carbocycles. The number of benzene rings is 1. The van der Waals surface area contributed by atoms with Crippen molar-refractivity contribution in [3.05, 3.63) is 48.2 Å². The summed E-state index contributed by atoms with van der Waals surface area (Å²) in [6, 6.07) is 7.54. The van der Waals surface area contributed by atoms with Gasteiger partial charge in [0.05, 0.1) is 11.3 Å².